The SMILES string of the molecule is Cc1nn(CCC(=O)N[C@H]2[C@H]3CCCC[C@@H]3[C@@H]2c2ccccc2)c(C)c1C. The lowest BCUT2D eigenvalue weighted by Gasteiger charge is -2.55. The van der Waals surface area contributed by atoms with Crippen molar-refractivity contribution in [2.45, 2.75) is 71.4 Å². The van der Waals surface area contributed by atoms with E-state index in [2.05, 4.69) is 54.6 Å². The Morgan fingerprint density at radius 1 is 1.11 bits per heavy atom. The van der Waals surface area contributed by atoms with Crippen molar-refractivity contribution in [1.82, 2.24) is 15.1 Å². The zero-order chi connectivity index (χ0) is 19.0. The predicted octanol–water partition coefficient (Wildman–Crippen LogP) is 4.29. The number of carbonyl (C=O) groups excluding carboxylic acids is 1. The number of nitrogens with one attached hydrogen (secondary N) is 1. The summed E-state index contributed by atoms with van der Waals surface area (Å²) in [5.41, 5.74) is 4.84. The average Bonchev–Trinajstić information content (AvgIpc) is 2.92. The molecule has 2 aliphatic rings. The summed E-state index contributed by atoms with van der Waals surface area (Å²) in [4.78, 5) is 12.7. The van der Waals surface area contributed by atoms with Gasteiger partial charge in [-0.3, -0.25) is 9.48 Å². The van der Waals surface area contributed by atoms with E-state index >= 15 is 0 Å². The number of benzene rings is 1. The lowest BCUT2D eigenvalue weighted by atomic mass is 9.53. The molecule has 27 heavy (non-hydrogen) atoms. The highest BCUT2D eigenvalue weighted by molar-refractivity contribution is 5.76. The minimum Gasteiger partial charge on any atom is -0.352 e. The Morgan fingerprint density at radius 3 is 2.48 bits per heavy atom. The van der Waals surface area contributed by atoms with Crippen LogP contribution < -0.4 is 5.32 Å². The van der Waals surface area contributed by atoms with Crippen molar-refractivity contribution in [2.75, 3.05) is 0 Å². The molecule has 2 aromatic rings. The van der Waals surface area contributed by atoms with Gasteiger partial charge in [-0.05, 0) is 56.6 Å². The molecule has 1 aromatic carbocycles. The third-order valence-corrected chi connectivity index (χ3v) is 6.99. The van der Waals surface area contributed by atoms with Crippen molar-refractivity contribution in [1.29, 1.82) is 0 Å². The predicted molar refractivity (Wildman–Crippen MR) is 108 cm³/mol. The summed E-state index contributed by atoms with van der Waals surface area (Å²) in [5.74, 6) is 2.04. The van der Waals surface area contributed by atoms with Gasteiger partial charge in [-0.15, -0.1) is 0 Å². The van der Waals surface area contributed by atoms with E-state index in [1.54, 1.807) is 0 Å². The van der Waals surface area contributed by atoms with Crippen LogP contribution in [0.1, 0.15) is 60.5 Å². The van der Waals surface area contributed by atoms with E-state index in [0.717, 1.165) is 11.6 Å². The Bertz CT molecular complexity index is 811. The van der Waals surface area contributed by atoms with E-state index in [1.165, 1.54) is 42.5 Å². The van der Waals surface area contributed by atoms with Gasteiger partial charge in [0.2, 0.25) is 5.91 Å². The molecule has 1 aromatic heterocycles. The average molecular weight is 366 g/mol. The van der Waals surface area contributed by atoms with E-state index in [-0.39, 0.29) is 5.91 Å². The fraction of sp³-hybridized carbons (Fsp3) is 0.565. The van der Waals surface area contributed by atoms with E-state index in [4.69, 9.17) is 0 Å². The van der Waals surface area contributed by atoms with E-state index in [1.807, 2.05) is 11.6 Å². The maximum Gasteiger partial charge on any atom is 0.222 e. The second kappa shape index (κ2) is 7.49. The summed E-state index contributed by atoms with van der Waals surface area (Å²) in [5, 5.41) is 7.96. The first-order chi connectivity index (χ1) is 13.1. The maximum atomic E-state index is 12.7. The molecule has 1 amide bonds. The van der Waals surface area contributed by atoms with Gasteiger partial charge < -0.3 is 5.32 Å². The van der Waals surface area contributed by atoms with Crippen LogP contribution >= 0.6 is 0 Å². The van der Waals surface area contributed by atoms with Crippen LogP contribution in [0.2, 0.25) is 0 Å². The summed E-state index contributed by atoms with van der Waals surface area (Å²) in [6.07, 6.45) is 5.70. The van der Waals surface area contributed by atoms with Crippen LogP contribution in [-0.4, -0.2) is 21.7 Å². The largest absolute Gasteiger partial charge is 0.352 e. The molecule has 4 rings (SSSR count). The molecular weight excluding hydrogens is 334 g/mol. The first kappa shape index (κ1) is 18.3. The first-order valence-electron chi connectivity index (χ1n) is 10.4. The lowest BCUT2D eigenvalue weighted by Crippen LogP contribution is -2.59. The van der Waals surface area contributed by atoms with Crippen molar-refractivity contribution < 1.29 is 4.79 Å². The molecule has 0 saturated heterocycles. The Morgan fingerprint density at radius 2 is 1.81 bits per heavy atom. The minimum atomic E-state index is 0.162. The summed E-state index contributed by atoms with van der Waals surface area (Å²) in [6, 6.07) is 11.1. The second-order valence-corrected chi connectivity index (χ2v) is 8.41. The highest BCUT2D eigenvalue weighted by Gasteiger charge is 2.51. The summed E-state index contributed by atoms with van der Waals surface area (Å²) in [7, 11) is 0. The van der Waals surface area contributed by atoms with Gasteiger partial charge >= 0.3 is 0 Å². The normalized spacial score (nSPS) is 26.9. The molecule has 0 spiro atoms. The molecule has 4 nitrogen and oxygen atoms in total. The molecule has 2 saturated carbocycles. The smallest absolute Gasteiger partial charge is 0.222 e. The highest BCUT2D eigenvalue weighted by atomic mass is 16.1. The number of aromatic nitrogens is 2. The zero-order valence-corrected chi connectivity index (χ0v) is 16.7. The number of amides is 1. The molecule has 0 aliphatic heterocycles. The number of hydrogen-bond donors (Lipinski definition) is 1. The fourth-order valence-corrected chi connectivity index (χ4v) is 5.26. The maximum absolute atomic E-state index is 12.7. The second-order valence-electron chi connectivity index (χ2n) is 8.41. The van der Waals surface area contributed by atoms with Crippen molar-refractivity contribution in [3.8, 4) is 0 Å². The molecule has 4 atom stereocenters. The van der Waals surface area contributed by atoms with Crippen LogP contribution in [0.25, 0.3) is 0 Å². The van der Waals surface area contributed by atoms with Gasteiger partial charge in [-0.1, -0.05) is 43.2 Å². The van der Waals surface area contributed by atoms with E-state index in [9.17, 15) is 4.79 Å². The lowest BCUT2D eigenvalue weighted by molar-refractivity contribution is -0.125. The van der Waals surface area contributed by atoms with Gasteiger partial charge in [0.15, 0.2) is 0 Å². The summed E-state index contributed by atoms with van der Waals surface area (Å²) >= 11 is 0. The Labute approximate surface area is 162 Å². The third-order valence-electron chi connectivity index (χ3n) is 6.99. The summed E-state index contributed by atoms with van der Waals surface area (Å²) < 4.78 is 1.98. The third kappa shape index (κ3) is 3.42. The number of nitrogens with zero attached hydrogens (tertiary/aromatic N) is 2. The molecule has 0 unspecified atom stereocenters. The molecule has 4 heteroatoms. The van der Waals surface area contributed by atoms with Crippen LogP contribution in [0.5, 0.6) is 0 Å². The Balaban J connectivity index is 1.42. The number of fused-ring (bicyclic) bond motifs is 1. The van der Waals surface area contributed by atoms with Gasteiger partial charge in [0.25, 0.3) is 0 Å². The minimum absolute atomic E-state index is 0.162. The van der Waals surface area contributed by atoms with Crippen molar-refractivity contribution in [3.63, 3.8) is 0 Å². The van der Waals surface area contributed by atoms with Crippen molar-refractivity contribution in [3.05, 3.63) is 52.8 Å². The molecule has 2 fully saturated rings. The zero-order valence-electron chi connectivity index (χ0n) is 16.7. The van der Waals surface area contributed by atoms with Crippen LogP contribution in [-0.2, 0) is 11.3 Å². The van der Waals surface area contributed by atoms with Gasteiger partial charge in [-0.25, -0.2) is 0 Å². The molecule has 1 heterocycles. The number of carbonyl (C=O) groups is 1. The quantitative estimate of drug-likeness (QED) is 0.859. The summed E-state index contributed by atoms with van der Waals surface area (Å²) in [6.45, 7) is 6.86. The number of aryl methyl sites for hydroxylation is 2. The molecule has 0 bridgehead atoms. The van der Waals surface area contributed by atoms with Crippen LogP contribution in [0.15, 0.2) is 30.3 Å². The van der Waals surface area contributed by atoms with Crippen LogP contribution in [0, 0.1) is 32.6 Å². The molecule has 144 valence electrons. The monoisotopic (exact) mass is 365 g/mol. The number of rotatable bonds is 5. The molecular formula is C23H31N3O. The first-order valence-corrected chi connectivity index (χ1v) is 10.4. The van der Waals surface area contributed by atoms with Crippen LogP contribution in [0.3, 0.4) is 0 Å². The topological polar surface area (TPSA) is 46.9 Å². The van der Waals surface area contributed by atoms with Gasteiger partial charge in [0, 0.05) is 30.6 Å². The fourth-order valence-electron chi connectivity index (χ4n) is 5.26. The number of hydrogen-bond acceptors (Lipinski definition) is 2. The van der Waals surface area contributed by atoms with E-state index < -0.39 is 0 Å². The van der Waals surface area contributed by atoms with Crippen molar-refractivity contribution in [2.24, 2.45) is 11.8 Å². The van der Waals surface area contributed by atoms with Gasteiger partial charge in [0.05, 0.1) is 5.69 Å². The molecule has 0 radical (unpaired) electrons. The van der Waals surface area contributed by atoms with Crippen LogP contribution in [0.4, 0.5) is 0 Å². The molecule has 2 aliphatic carbocycles. The highest BCUT2D eigenvalue weighted by Crippen LogP contribution is 2.54. The van der Waals surface area contributed by atoms with E-state index in [0.29, 0.717) is 30.8 Å². The molecule has 1 N–H and O–H groups in total. The van der Waals surface area contributed by atoms with Gasteiger partial charge in [-0.2, -0.15) is 5.10 Å². The standard InChI is InChI=1S/C23H31N3O/c1-15-16(2)25-26(17(15)3)14-13-21(27)24-23-20-12-8-7-11-19(20)22(23)18-9-5-4-6-10-18/h4-6,9-10,19-20,22-23H,7-8,11-14H2,1-3H3,(H,24,27)/t19-,20-,22-,23-/m0/s1. The Hall–Kier alpha value is -2.10. The van der Waals surface area contributed by atoms with Crippen molar-refractivity contribution >= 4 is 5.91 Å². The van der Waals surface area contributed by atoms with Gasteiger partial charge in [0.1, 0.15) is 0 Å². The Kier molecular flexibility index (Phi) is 5.07.